The van der Waals surface area contributed by atoms with Crippen LogP contribution in [0.1, 0.15) is 23.5 Å². The number of thiophene rings is 1. The van der Waals surface area contributed by atoms with Gasteiger partial charge in [0, 0.05) is 16.1 Å². The normalized spacial score (nSPS) is 12.9. The van der Waals surface area contributed by atoms with Gasteiger partial charge in [0.25, 0.3) is 0 Å². The Balaban J connectivity index is 2.11. The van der Waals surface area contributed by atoms with Gasteiger partial charge in [0.1, 0.15) is 0 Å². The molecule has 3 rings (SSSR count). The van der Waals surface area contributed by atoms with E-state index < -0.39 is 0 Å². The van der Waals surface area contributed by atoms with Gasteiger partial charge in [0.05, 0.1) is 22.4 Å². The number of benzene rings is 1. The van der Waals surface area contributed by atoms with Crippen molar-refractivity contribution in [3.05, 3.63) is 51.6 Å². The molecule has 0 aliphatic carbocycles. The summed E-state index contributed by atoms with van der Waals surface area (Å²) in [5, 5.41) is 9.13. The van der Waals surface area contributed by atoms with Crippen LogP contribution in [0.3, 0.4) is 0 Å². The van der Waals surface area contributed by atoms with E-state index in [1.54, 1.807) is 0 Å². The standard InChI is InChI=1S/C15H16BrN3S/c1-3-19-15(11(16)9-18-19)14(17-2)13-8-10-6-4-5-7-12(10)20-13/h4-9,14,17H,3H2,1-2H3. The van der Waals surface area contributed by atoms with Crippen LogP contribution in [0.5, 0.6) is 0 Å². The summed E-state index contributed by atoms with van der Waals surface area (Å²) in [7, 11) is 1.99. The van der Waals surface area contributed by atoms with E-state index in [0.717, 1.165) is 11.0 Å². The van der Waals surface area contributed by atoms with Crippen LogP contribution < -0.4 is 5.32 Å². The van der Waals surface area contributed by atoms with Crippen LogP contribution in [-0.4, -0.2) is 16.8 Å². The van der Waals surface area contributed by atoms with Crippen molar-refractivity contribution in [1.82, 2.24) is 15.1 Å². The van der Waals surface area contributed by atoms with Crippen LogP contribution in [0.15, 0.2) is 41.0 Å². The largest absolute Gasteiger partial charge is 0.307 e. The number of aromatic nitrogens is 2. The lowest BCUT2D eigenvalue weighted by Crippen LogP contribution is -2.20. The first kappa shape index (κ1) is 13.8. The summed E-state index contributed by atoms with van der Waals surface area (Å²) in [5.41, 5.74) is 1.18. The summed E-state index contributed by atoms with van der Waals surface area (Å²) in [6.07, 6.45) is 1.87. The second-order valence-corrected chi connectivity index (χ2v) is 6.57. The molecule has 2 heterocycles. The monoisotopic (exact) mass is 349 g/mol. The maximum Gasteiger partial charge on any atom is 0.0851 e. The molecule has 104 valence electrons. The number of rotatable bonds is 4. The molecule has 0 saturated heterocycles. The van der Waals surface area contributed by atoms with Crippen LogP contribution in [0.25, 0.3) is 10.1 Å². The molecule has 5 heteroatoms. The zero-order valence-corrected chi connectivity index (χ0v) is 13.8. The molecule has 1 unspecified atom stereocenters. The van der Waals surface area contributed by atoms with Crippen LogP contribution in [-0.2, 0) is 6.54 Å². The van der Waals surface area contributed by atoms with E-state index in [0.29, 0.717) is 0 Å². The van der Waals surface area contributed by atoms with Crippen LogP contribution in [0.2, 0.25) is 0 Å². The maximum absolute atomic E-state index is 4.42. The molecule has 0 saturated carbocycles. The molecule has 0 spiro atoms. The minimum atomic E-state index is 0.157. The summed E-state index contributed by atoms with van der Waals surface area (Å²) < 4.78 is 4.41. The Morgan fingerprint density at radius 3 is 2.90 bits per heavy atom. The van der Waals surface area contributed by atoms with Gasteiger partial charge in [-0.05, 0) is 47.4 Å². The second kappa shape index (κ2) is 5.68. The molecule has 0 radical (unpaired) electrons. The van der Waals surface area contributed by atoms with E-state index in [2.05, 4.69) is 63.6 Å². The van der Waals surface area contributed by atoms with Crippen LogP contribution in [0.4, 0.5) is 0 Å². The van der Waals surface area contributed by atoms with Gasteiger partial charge in [-0.1, -0.05) is 18.2 Å². The number of hydrogen-bond acceptors (Lipinski definition) is 3. The summed E-state index contributed by atoms with van der Waals surface area (Å²) in [4.78, 5) is 1.31. The predicted octanol–water partition coefficient (Wildman–Crippen LogP) is 4.19. The van der Waals surface area contributed by atoms with Crippen molar-refractivity contribution in [3.63, 3.8) is 0 Å². The molecule has 0 aliphatic rings. The molecule has 0 amide bonds. The van der Waals surface area contributed by atoms with Gasteiger partial charge in [0.2, 0.25) is 0 Å². The third kappa shape index (κ3) is 2.30. The van der Waals surface area contributed by atoms with Gasteiger partial charge in [-0.25, -0.2) is 0 Å². The predicted molar refractivity (Wildman–Crippen MR) is 88.3 cm³/mol. The topological polar surface area (TPSA) is 29.9 Å². The van der Waals surface area contributed by atoms with Gasteiger partial charge in [0.15, 0.2) is 0 Å². The second-order valence-electron chi connectivity index (χ2n) is 4.60. The number of hydrogen-bond donors (Lipinski definition) is 1. The molecule has 1 N–H and O–H groups in total. The summed E-state index contributed by atoms with van der Waals surface area (Å²) >= 11 is 5.45. The molecule has 0 bridgehead atoms. The maximum atomic E-state index is 4.42. The number of fused-ring (bicyclic) bond motifs is 1. The fourth-order valence-electron chi connectivity index (χ4n) is 2.47. The molecule has 2 aromatic heterocycles. The Hall–Kier alpha value is -1.17. The molecule has 20 heavy (non-hydrogen) atoms. The van der Waals surface area contributed by atoms with Gasteiger partial charge in [-0.15, -0.1) is 11.3 Å². The number of nitrogens with zero attached hydrogens (tertiary/aromatic N) is 2. The fourth-order valence-corrected chi connectivity index (χ4v) is 4.17. The molecular formula is C15H16BrN3S. The van der Waals surface area contributed by atoms with E-state index in [9.17, 15) is 0 Å². The van der Waals surface area contributed by atoms with Gasteiger partial charge in [-0.3, -0.25) is 4.68 Å². The van der Waals surface area contributed by atoms with E-state index in [-0.39, 0.29) is 6.04 Å². The molecule has 1 aromatic carbocycles. The smallest absolute Gasteiger partial charge is 0.0851 e. The number of nitrogens with one attached hydrogen (secondary N) is 1. The third-order valence-corrected chi connectivity index (χ3v) is 5.22. The first-order chi connectivity index (χ1) is 9.74. The highest BCUT2D eigenvalue weighted by Crippen LogP contribution is 2.35. The van der Waals surface area contributed by atoms with E-state index in [1.807, 2.05) is 29.3 Å². The van der Waals surface area contributed by atoms with Gasteiger partial charge >= 0.3 is 0 Å². The summed E-state index contributed by atoms with van der Waals surface area (Å²) in [6, 6.07) is 10.9. The first-order valence-corrected chi connectivity index (χ1v) is 8.22. The van der Waals surface area contributed by atoms with Crippen LogP contribution in [0, 0.1) is 0 Å². The van der Waals surface area contributed by atoms with E-state index in [4.69, 9.17) is 0 Å². The Morgan fingerprint density at radius 2 is 2.20 bits per heavy atom. The van der Waals surface area contributed by atoms with Gasteiger partial charge < -0.3 is 5.32 Å². The zero-order chi connectivity index (χ0) is 14.1. The third-order valence-electron chi connectivity index (χ3n) is 3.42. The zero-order valence-electron chi connectivity index (χ0n) is 11.4. The van der Waals surface area contributed by atoms with Crippen molar-refractivity contribution in [2.45, 2.75) is 19.5 Å². The minimum Gasteiger partial charge on any atom is -0.307 e. The highest BCUT2D eigenvalue weighted by Gasteiger charge is 2.21. The van der Waals surface area contributed by atoms with Crippen molar-refractivity contribution >= 4 is 37.4 Å². The average molecular weight is 350 g/mol. The van der Waals surface area contributed by atoms with Gasteiger partial charge in [-0.2, -0.15) is 5.10 Å². The highest BCUT2D eigenvalue weighted by molar-refractivity contribution is 9.10. The molecule has 3 nitrogen and oxygen atoms in total. The van der Waals surface area contributed by atoms with Crippen molar-refractivity contribution < 1.29 is 0 Å². The SMILES string of the molecule is CCn1ncc(Br)c1C(NC)c1cc2ccccc2s1. The summed E-state index contributed by atoms with van der Waals surface area (Å²) in [6.45, 7) is 2.98. The van der Waals surface area contributed by atoms with Crippen molar-refractivity contribution in [1.29, 1.82) is 0 Å². The summed E-state index contributed by atoms with van der Waals surface area (Å²) in [5.74, 6) is 0. The lowest BCUT2D eigenvalue weighted by atomic mass is 10.1. The van der Waals surface area contributed by atoms with E-state index in [1.165, 1.54) is 20.7 Å². The minimum absolute atomic E-state index is 0.157. The molecule has 1 atom stereocenters. The molecule has 0 fully saturated rings. The molecule has 0 aliphatic heterocycles. The van der Waals surface area contributed by atoms with Crippen molar-refractivity contribution in [3.8, 4) is 0 Å². The highest BCUT2D eigenvalue weighted by atomic mass is 79.9. The van der Waals surface area contributed by atoms with Crippen molar-refractivity contribution in [2.75, 3.05) is 7.05 Å². The lowest BCUT2D eigenvalue weighted by molar-refractivity contribution is 0.566. The Labute approximate surface area is 130 Å². The molecular weight excluding hydrogens is 334 g/mol. The van der Waals surface area contributed by atoms with E-state index >= 15 is 0 Å². The number of halogens is 1. The first-order valence-electron chi connectivity index (χ1n) is 6.61. The lowest BCUT2D eigenvalue weighted by Gasteiger charge is -2.16. The number of aryl methyl sites for hydroxylation is 1. The van der Waals surface area contributed by atoms with Crippen molar-refractivity contribution in [2.24, 2.45) is 0 Å². The average Bonchev–Trinajstić information content (AvgIpc) is 3.04. The fraction of sp³-hybridized carbons (Fsp3) is 0.267. The Morgan fingerprint density at radius 1 is 1.40 bits per heavy atom. The Kier molecular flexibility index (Phi) is 3.92. The quantitative estimate of drug-likeness (QED) is 0.765. The van der Waals surface area contributed by atoms with Crippen LogP contribution >= 0.6 is 27.3 Å². The Bertz CT molecular complexity index is 699. The molecule has 3 aromatic rings.